The number of hydrogen-bond acceptors (Lipinski definition) is 10. The van der Waals surface area contributed by atoms with Crippen molar-refractivity contribution in [2.75, 3.05) is 59.7 Å². The quantitative estimate of drug-likeness (QED) is 0.134. The van der Waals surface area contributed by atoms with E-state index in [1.54, 1.807) is 0 Å². The lowest BCUT2D eigenvalue weighted by Gasteiger charge is -2.20. The fourth-order valence-electron chi connectivity index (χ4n) is 13.8. The molecule has 20 rings (SSSR count). The van der Waals surface area contributed by atoms with E-state index < -0.39 is 0 Å². The van der Waals surface area contributed by atoms with E-state index in [2.05, 4.69) is 321 Å². The van der Waals surface area contributed by atoms with Gasteiger partial charge in [0.1, 0.15) is 27.9 Å². The highest BCUT2D eigenvalue weighted by Gasteiger charge is 2.18. The number of rotatable bonds is 10. The zero-order valence-corrected chi connectivity index (χ0v) is 60.6. The molecule has 0 spiro atoms. The number of thiophene rings is 2. The smallest absolute Gasteiger partial charge is 0.159 e. The lowest BCUT2D eigenvalue weighted by atomic mass is 10.1. The minimum atomic E-state index is 0.927. The average Bonchev–Trinajstić information content (AvgIpc) is 1.65. The Kier molecular flexibility index (Phi) is 19.0. The molecule has 0 aliphatic heterocycles. The fourth-order valence-corrected chi connectivity index (χ4v) is 16.2. The number of hydrogen-bond donors (Lipinski definition) is 0. The molecule has 0 saturated carbocycles. The summed E-state index contributed by atoms with van der Waals surface area (Å²) in [6.07, 6.45) is 0. The summed E-state index contributed by atoms with van der Waals surface area (Å²) in [7, 11) is 10.5. The first-order valence-electron chi connectivity index (χ1n) is 35.2. The van der Waals surface area contributed by atoms with E-state index in [0.717, 1.165) is 88.9 Å². The van der Waals surface area contributed by atoms with Crippen molar-refractivity contribution < 1.29 is 13.3 Å². The van der Waals surface area contributed by atoms with Crippen LogP contribution in [-0.2, 0) is 0 Å². The summed E-state index contributed by atoms with van der Waals surface area (Å²) >= 11 is 3.73. The molecule has 0 radical (unpaired) electrons. The van der Waals surface area contributed by atoms with Gasteiger partial charge in [0.15, 0.2) is 5.58 Å². The van der Waals surface area contributed by atoms with Gasteiger partial charge in [0, 0.05) is 138 Å². The van der Waals surface area contributed by atoms with Gasteiger partial charge in [0.25, 0.3) is 0 Å². The number of furan rings is 3. The predicted molar refractivity (Wildman–Crippen MR) is 452 cm³/mol. The van der Waals surface area contributed by atoms with E-state index in [9.17, 15) is 0 Å². The summed E-state index contributed by atoms with van der Waals surface area (Å²) in [5.41, 5.74) is 17.4. The topological polar surface area (TPSA) is 55.6 Å². The van der Waals surface area contributed by atoms with Crippen LogP contribution in [0.2, 0.25) is 0 Å². The summed E-state index contributed by atoms with van der Waals surface area (Å²) in [6.45, 7) is 0. The van der Waals surface area contributed by atoms with Crippen LogP contribution >= 0.6 is 22.7 Å². The normalized spacial score (nSPS) is 11.1. The molecule has 0 aliphatic carbocycles. The number of benzene rings is 15. The summed E-state index contributed by atoms with van der Waals surface area (Å²) in [6, 6.07) is 126. The van der Waals surface area contributed by atoms with Crippen molar-refractivity contribution in [1.82, 2.24) is 0 Å². The van der Waals surface area contributed by atoms with Crippen LogP contribution in [0, 0.1) is 0 Å². The molecule has 15 aromatic carbocycles. The molecule has 5 heterocycles. The van der Waals surface area contributed by atoms with E-state index in [0.29, 0.717) is 0 Å². The number of fused-ring (bicyclic) bond motifs is 15. The molecule has 0 saturated heterocycles. The molecule has 105 heavy (non-hydrogen) atoms. The molecule has 0 aliphatic rings. The van der Waals surface area contributed by atoms with E-state index >= 15 is 0 Å². The molecule has 0 N–H and O–H groups in total. The molecule has 10 heteroatoms. The number of anilines is 10. The van der Waals surface area contributed by atoms with Gasteiger partial charge in [-0.3, -0.25) is 0 Å². The lowest BCUT2D eigenvalue weighted by molar-refractivity contribution is 0.668. The minimum Gasteiger partial charge on any atom is -0.456 e. The van der Waals surface area contributed by atoms with Crippen molar-refractivity contribution in [3.05, 3.63) is 364 Å². The van der Waals surface area contributed by atoms with Crippen LogP contribution in [0.25, 0.3) is 106 Å². The average molecular weight is 1400 g/mol. The zero-order valence-electron chi connectivity index (χ0n) is 58.9. The molecule has 0 amide bonds. The summed E-state index contributed by atoms with van der Waals surface area (Å²) in [5.74, 6) is 0. The van der Waals surface area contributed by atoms with Crippen LogP contribution in [0.4, 0.5) is 56.9 Å². The molecule has 0 fully saturated rings. The second-order valence-corrected chi connectivity index (χ2v) is 27.9. The van der Waals surface area contributed by atoms with Crippen LogP contribution in [0.3, 0.4) is 0 Å². The van der Waals surface area contributed by atoms with Crippen LogP contribution < -0.4 is 24.5 Å². The Morgan fingerprint density at radius 2 is 0.552 bits per heavy atom. The monoisotopic (exact) mass is 1400 g/mol. The van der Waals surface area contributed by atoms with E-state index in [-0.39, 0.29) is 0 Å². The summed E-state index contributed by atoms with van der Waals surface area (Å²) in [4.78, 5) is 11.0. The summed E-state index contributed by atoms with van der Waals surface area (Å²) in [5, 5.41) is 12.4. The zero-order chi connectivity index (χ0) is 71.2. The van der Waals surface area contributed by atoms with Crippen molar-refractivity contribution in [2.24, 2.45) is 0 Å². The third kappa shape index (κ3) is 13.7. The maximum atomic E-state index is 6.08. The predicted octanol–water partition coefficient (Wildman–Crippen LogP) is 27.7. The first-order chi connectivity index (χ1) is 51.7. The van der Waals surface area contributed by atoms with Crippen LogP contribution in [-0.4, -0.2) is 35.2 Å². The van der Waals surface area contributed by atoms with Crippen LogP contribution in [0.5, 0.6) is 0 Å². The Hall–Kier alpha value is -12.9. The van der Waals surface area contributed by atoms with Gasteiger partial charge < -0.3 is 37.8 Å². The molecule has 0 unspecified atom stereocenters. The third-order valence-electron chi connectivity index (χ3n) is 19.4. The van der Waals surface area contributed by atoms with Crippen molar-refractivity contribution in [2.45, 2.75) is 0 Å². The molecule has 20 aromatic rings. The van der Waals surface area contributed by atoms with Crippen LogP contribution in [0.15, 0.2) is 377 Å². The Balaban J connectivity index is 0.000000101. The standard InChI is InChI=1S/3C19H15NO.2C19H15NS/c1-20(14-8-3-2-4-9-14)17-12-7-11-16-15-10-5-6-13-18(15)21-19(16)17;1-20(14-8-3-2-4-9-14)16-11-7-13-18-19(16)15-10-5-6-12-17(15)21-18;1-20(14-7-3-2-4-8-14)15-11-12-19-17(13-15)16-9-5-6-10-18(16)21-19;1-20(14-8-3-2-4-9-14)17-12-7-11-16-15-10-5-6-13-18(15)21-19(16)17;1-20(14-7-3-2-4-8-14)15-11-12-17-16-9-5-6-10-18(16)21-19(17)13-15/h5*2-13H,1H3. The lowest BCUT2D eigenvalue weighted by Crippen LogP contribution is -2.09. The van der Waals surface area contributed by atoms with Crippen molar-refractivity contribution in [3.63, 3.8) is 0 Å². The SMILES string of the molecule is CN(c1ccccc1)c1ccc2c(c1)sc1ccccc12.CN(c1ccccc1)c1ccc2oc3ccccc3c2c1.CN(c1ccccc1)c1cccc2c1oc1ccccc12.CN(c1ccccc1)c1cccc2c1sc1ccccc12.CN(c1ccccc1)c1cccc2oc3ccccc3c12. The molecule has 5 aromatic heterocycles. The fraction of sp³-hybridized carbons (Fsp3) is 0.0526. The van der Waals surface area contributed by atoms with Gasteiger partial charge in [0.05, 0.1) is 27.1 Å². The van der Waals surface area contributed by atoms with Crippen molar-refractivity contribution in [1.29, 1.82) is 0 Å². The molecule has 8 nitrogen and oxygen atoms in total. The van der Waals surface area contributed by atoms with Gasteiger partial charge >= 0.3 is 0 Å². The minimum absolute atomic E-state index is 0.927. The molecule has 0 atom stereocenters. The largest absolute Gasteiger partial charge is 0.456 e. The number of para-hydroxylation sites is 9. The van der Waals surface area contributed by atoms with Gasteiger partial charge in [-0.15, -0.1) is 22.7 Å². The molecular formula is C95H75N5O3S2. The van der Waals surface area contributed by atoms with Gasteiger partial charge in [-0.25, -0.2) is 0 Å². The Morgan fingerprint density at radius 1 is 0.200 bits per heavy atom. The maximum absolute atomic E-state index is 6.08. The van der Waals surface area contributed by atoms with Gasteiger partial charge in [-0.2, -0.15) is 0 Å². The second kappa shape index (κ2) is 30.0. The second-order valence-electron chi connectivity index (χ2n) is 25.8. The number of nitrogens with zero attached hydrogens (tertiary/aromatic N) is 5. The van der Waals surface area contributed by atoms with Crippen LogP contribution in [0.1, 0.15) is 0 Å². The van der Waals surface area contributed by atoms with Crippen molar-refractivity contribution in [3.8, 4) is 0 Å². The van der Waals surface area contributed by atoms with E-state index in [4.69, 9.17) is 13.3 Å². The van der Waals surface area contributed by atoms with E-state index in [1.807, 2.05) is 126 Å². The van der Waals surface area contributed by atoms with Gasteiger partial charge in [-0.1, -0.05) is 218 Å². The molecule has 510 valence electrons. The molecular weight excluding hydrogens is 1320 g/mol. The van der Waals surface area contributed by atoms with E-state index in [1.165, 1.54) is 74.2 Å². The molecule has 0 bridgehead atoms. The maximum Gasteiger partial charge on any atom is 0.159 e. The first-order valence-corrected chi connectivity index (χ1v) is 36.8. The van der Waals surface area contributed by atoms with Gasteiger partial charge in [-0.05, 0) is 146 Å². The Labute approximate surface area is 618 Å². The highest BCUT2D eigenvalue weighted by molar-refractivity contribution is 7.26. The highest BCUT2D eigenvalue weighted by atomic mass is 32.1. The Morgan fingerprint density at radius 3 is 1.13 bits per heavy atom. The van der Waals surface area contributed by atoms with Gasteiger partial charge in [0.2, 0.25) is 0 Å². The highest BCUT2D eigenvalue weighted by Crippen LogP contribution is 2.44. The third-order valence-corrected chi connectivity index (χ3v) is 21.8. The first kappa shape index (κ1) is 66.7. The van der Waals surface area contributed by atoms with Crippen molar-refractivity contribution >= 4 is 186 Å². The Bertz CT molecular complexity index is 6160. The summed E-state index contributed by atoms with van der Waals surface area (Å²) < 4.78 is 23.3.